The third-order valence-corrected chi connectivity index (χ3v) is 4.00. The van der Waals surface area contributed by atoms with Crippen molar-refractivity contribution < 1.29 is 22.8 Å². The summed E-state index contributed by atoms with van der Waals surface area (Å²) in [5.41, 5.74) is 1.95. The zero-order chi connectivity index (χ0) is 20.3. The maximum atomic E-state index is 13.6. The molecule has 0 aliphatic carbocycles. The molecule has 1 N–H and O–H groups in total. The monoisotopic (exact) mass is 390 g/mol. The van der Waals surface area contributed by atoms with Gasteiger partial charge in [0, 0.05) is 17.8 Å². The van der Waals surface area contributed by atoms with E-state index in [2.05, 4.69) is 15.6 Å². The highest BCUT2D eigenvalue weighted by atomic mass is 19.1. The van der Waals surface area contributed by atoms with Gasteiger partial charge in [0.25, 0.3) is 5.91 Å². The lowest BCUT2D eigenvalue weighted by atomic mass is 10.3. The first-order chi connectivity index (χ1) is 13.3. The van der Waals surface area contributed by atoms with Crippen LogP contribution < -0.4 is 10.1 Å². The van der Waals surface area contributed by atoms with Crippen molar-refractivity contribution in [2.45, 2.75) is 40.0 Å². The Bertz CT molecular complexity index is 963. The average molecular weight is 390 g/mol. The number of nitrogens with zero attached hydrogens (tertiary/aromatic N) is 3. The fraction of sp³-hybridized carbons (Fsp3) is 0.316. The van der Waals surface area contributed by atoms with E-state index in [1.54, 1.807) is 0 Å². The second kappa shape index (κ2) is 8.20. The van der Waals surface area contributed by atoms with Crippen LogP contribution in [0.15, 0.2) is 34.9 Å². The molecule has 9 heteroatoms. The topological polar surface area (TPSA) is 82.2 Å². The highest BCUT2D eigenvalue weighted by Gasteiger charge is 2.17. The van der Waals surface area contributed by atoms with E-state index in [0.29, 0.717) is 6.54 Å². The minimum atomic E-state index is -0.824. The second-order valence-electron chi connectivity index (χ2n) is 6.50. The predicted octanol–water partition coefficient (Wildman–Crippen LogP) is 3.16. The maximum Gasteiger partial charge on any atom is 0.273 e. The van der Waals surface area contributed by atoms with E-state index in [4.69, 9.17) is 9.26 Å². The number of nitrogens with one attached hydrogen (secondary N) is 1. The third-order valence-electron chi connectivity index (χ3n) is 4.00. The van der Waals surface area contributed by atoms with Crippen LogP contribution >= 0.6 is 0 Å². The Balaban J connectivity index is 1.57. The Kier molecular flexibility index (Phi) is 5.72. The standard InChI is InChI=1S/C19H20F2N4O3/c1-11-7-13(3)25(23-11)9-12(2)22-19(26)17-8-14(28-24-17)10-27-18-15(20)5-4-6-16(18)21/h4-8,12H,9-10H2,1-3H3,(H,22,26)/t12-/m1/s1. The Morgan fingerprint density at radius 3 is 2.64 bits per heavy atom. The molecule has 148 valence electrons. The molecule has 1 amide bonds. The van der Waals surface area contributed by atoms with Gasteiger partial charge in [-0.1, -0.05) is 11.2 Å². The number of hydrogen-bond acceptors (Lipinski definition) is 5. The number of rotatable bonds is 7. The number of ether oxygens (including phenoxy) is 1. The number of halogens is 2. The van der Waals surface area contributed by atoms with Crippen molar-refractivity contribution in [3.05, 3.63) is 64.8 Å². The first-order valence-electron chi connectivity index (χ1n) is 8.68. The van der Waals surface area contributed by atoms with Crippen molar-refractivity contribution in [3.63, 3.8) is 0 Å². The molecule has 3 aromatic rings. The van der Waals surface area contributed by atoms with E-state index in [0.717, 1.165) is 23.5 Å². The molecular weight excluding hydrogens is 370 g/mol. The van der Waals surface area contributed by atoms with Gasteiger partial charge in [0.2, 0.25) is 0 Å². The minimum absolute atomic E-state index is 0.0489. The van der Waals surface area contributed by atoms with Crippen LogP contribution in [0.2, 0.25) is 0 Å². The van der Waals surface area contributed by atoms with Gasteiger partial charge in [0.1, 0.15) is 6.61 Å². The fourth-order valence-corrected chi connectivity index (χ4v) is 2.71. The van der Waals surface area contributed by atoms with E-state index in [-0.39, 0.29) is 24.1 Å². The van der Waals surface area contributed by atoms with E-state index in [9.17, 15) is 13.6 Å². The Morgan fingerprint density at radius 2 is 2.00 bits per heavy atom. The summed E-state index contributed by atoms with van der Waals surface area (Å²) >= 11 is 0. The van der Waals surface area contributed by atoms with Crippen LogP contribution in [0.3, 0.4) is 0 Å². The second-order valence-corrected chi connectivity index (χ2v) is 6.50. The van der Waals surface area contributed by atoms with Gasteiger partial charge in [0.15, 0.2) is 28.8 Å². The lowest BCUT2D eigenvalue weighted by Gasteiger charge is -2.14. The molecule has 0 aliphatic heterocycles. The molecule has 2 aromatic heterocycles. The van der Waals surface area contributed by atoms with Crippen LogP contribution in [0.5, 0.6) is 5.75 Å². The highest BCUT2D eigenvalue weighted by Crippen LogP contribution is 2.22. The van der Waals surface area contributed by atoms with Gasteiger partial charge < -0.3 is 14.6 Å². The lowest BCUT2D eigenvalue weighted by molar-refractivity contribution is 0.0926. The molecular formula is C19H20F2N4O3. The van der Waals surface area contributed by atoms with Crippen LogP contribution in [0.1, 0.15) is 34.6 Å². The first-order valence-corrected chi connectivity index (χ1v) is 8.68. The molecule has 0 saturated carbocycles. The van der Waals surface area contributed by atoms with Gasteiger partial charge in [-0.05, 0) is 39.0 Å². The van der Waals surface area contributed by atoms with Crippen LogP contribution in [0.25, 0.3) is 0 Å². The van der Waals surface area contributed by atoms with Crippen molar-refractivity contribution in [1.29, 1.82) is 0 Å². The molecule has 0 radical (unpaired) electrons. The smallest absolute Gasteiger partial charge is 0.273 e. The molecule has 0 spiro atoms. The Morgan fingerprint density at radius 1 is 1.29 bits per heavy atom. The molecule has 28 heavy (non-hydrogen) atoms. The van der Waals surface area contributed by atoms with Crippen molar-refractivity contribution in [2.75, 3.05) is 0 Å². The summed E-state index contributed by atoms with van der Waals surface area (Å²) in [4.78, 5) is 12.3. The number of carbonyl (C=O) groups is 1. The largest absolute Gasteiger partial charge is 0.479 e. The van der Waals surface area contributed by atoms with Crippen LogP contribution in [0.4, 0.5) is 8.78 Å². The Hall–Kier alpha value is -3.23. The van der Waals surface area contributed by atoms with Gasteiger partial charge in [-0.3, -0.25) is 9.48 Å². The summed E-state index contributed by atoms with van der Waals surface area (Å²) < 4.78 is 39.0. The van der Waals surface area contributed by atoms with E-state index in [1.807, 2.05) is 31.5 Å². The Labute approximate surface area is 160 Å². The average Bonchev–Trinajstić information content (AvgIpc) is 3.21. The minimum Gasteiger partial charge on any atom is -0.479 e. The quantitative estimate of drug-likeness (QED) is 0.670. The number of amides is 1. The van der Waals surface area contributed by atoms with E-state index in [1.165, 1.54) is 12.1 Å². The van der Waals surface area contributed by atoms with Crippen LogP contribution in [0, 0.1) is 25.5 Å². The maximum absolute atomic E-state index is 13.6. The molecule has 0 aliphatic rings. The molecule has 1 atom stereocenters. The number of hydrogen-bond donors (Lipinski definition) is 1. The number of para-hydroxylation sites is 1. The fourth-order valence-electron chi connectivity index (χ4n) is 2.71. The van der Waals surface area contributed by atoms with Gasteiger partial charge in [-0.25, -0.2) is 8.78 Å². The zero-order valence-corrected chi connectivity index (χ0v) is 15.7. The van der Waals surface area contributed by atoms with Gasteiger partial charge in [-0.15, -0.1) is 0 Å². The van der Waals surface area contributed by atoms with Crippen LogP contribution in [-0.4, -0.2) is 26.9 Å². The lowest BCUT2D eigenvalue weighted by Crippen LogP contribution is -2.36. The SMILES string of the molecule is Cc1cc(C)n(C[C@@H](C)NC(=O)c2cc(COc3c(F)cccc3F)on2)n1. The van der Waals surface area contributed by atoms with Gasteiger partial charge in [0.05, 0.1) is 12.2 Å². The van der Waals surface area contributed by atoms with Crippen LogP contribution in [-0.2, 0) is 13.2 Å². The van der Waals surface area contributed by atoms with Gasteiger partial charge >= 0.3 is 0 Å². The molecule has 7 nitrogen and oxygen atoms in total. The molecule has 2 heterocycles. The summed E-state index contributed by atoms with van der Waals surface area (Å²) in [6.07, 6.45) is 0. The summed E-state index contributed by atoms with van der Waals surface area (Å²) in [7, 11) is 0. The van der Waals surface area contributed by atoms with Gasteiger partial charge in [-0.2, -0.15) is 5.10 Å². The molecule has 0 bridgehead atoms. The molecule has 3 rings (SSSR count). The molecule has 0 unspecified atom stereocenters. The van der Waals surface area contributed by atoms with Crippen molar-refractivity contribution in [2.24, 2.45) is 0 Å². The number of aromatic nitrogens is 3. The van der Waals surface area contributed by atoms with Crippen molar-refractivity contribution in [1.82, 2.24) is 20.3 Å². The molecule has 0 fully saturated rings. The predicted molar refractivity (Wildman–Crippen MR) is 95.8 cm³/mol. The normalized spacial score (nSPS) is 12.0. The van der Waals surface area contributed by atoms with E-state index >= 15 is 0 Å². The third kappa shape index (κ3) is 4.54. The summed E-state index contributed by atoms with van der Waals surface area (Å²) in [6, 6.07) is 6.53. The number of benzene rings is 1. The number of carbonyl (C=O) groups excluding carboxylic acids is 1. The van der Waals surface area contributed by atoms with E-state index < -0.39 is 23.3 Å². The van der Waals surface area contributed by atoms with Crippen molar-refractivity contribution >= 4 is 5.91 Å². The summed E-state index contributed by atoms with van der Waals surface area (Å²) in [6.45, 7) is 5.93. The summed E-state index contributed by atoms with van der Waals surface area (Å²) in [5, 5.41) is 10.8. The number of aryl methyl sites for hydroxylation is 2. The molecule has 1 aromatic carbocycles. The first kappa shape index (κ1) is 19.5. The summed E-state index contributed by atoms with van der Waals surface area (Å²) in [5.74, 6) is -2.42. The zero-order valence-electron chi connectivity index (χ0n) is 15.7. The highest BCUT2D eigenvalue weighted by molar-refractivity contribution is 5.92. The molecule has 0 saturated heterocycles. The van der Waals surface area contributed by atoms with Crippen molar-refractivity contribution in [3.8, 4) is 5.75 Å².